The van der Waals surface area contributed by atoms with Crippen molar-refractivity contribution >= 4 is 17.1 Å². The van der Waals surface area contributed by atoms with Gasteiger partial charge < -0.3 is 4.90 Å². The lowest BCUT2D eigenvalue weighted by atomic mass is 9.67. The van der Waals surface area contributed by atoms with E-state index in [2.05, 4.69) is 234 Å². The zero-order valence-corrected chi connectivity index (χ0v) is 35.6. The molecule has 0 amide bonds. The van der Waals surface area contributed by atoms with E-state index in [9.17, 15) is 0 Å². The first kappa shape index (κ1) is 36.6. The highest BCUT2D eigenvalue weighted by atomic mass is 15.1. The van der Waals surface area contributed by atoms with Crippen LogP contribution in [0.4, 0.5) is 17.1 Å². The van der Waals surface area contributed by atoms with Crippen molar-refractivity contribution in [2.24, 2.45) is 0 Å². The molecule has 0 unspecified atom stereocenters. The van der Waals surface area contributed by atoms with Gasteiger partial charge in [-0.25, -0.2) is 0 Å². The van der Waals surface area contributed by atoms with Gasteiger partial charge in [-0.15, -0.1) is 0 Å². The van der Waals surface area contributed by atoms with Crippen molar-refractivity contribution in [1.29, 1.82) is 0 Å². The molecule has 0 atom stereocenters. The minimum Gasteiger partial charge on any atom is -0.310 e. The van der Waals surface area contributed by atoms with Crippen molar-refractivity contribution in [2.45, 2.75) is 69.6 Å². The first-order valence-electron chi connectivity index (χ1n) is 21.6. The summed E-state index contributed by atoms with van der Waals surface area (Å²) in [5, 5.41) is 0. The molecular weight excluding hydrogens is 723 g/mol. The maximum absolute atomic E-state index is 2.51. The van der Waals surface area contributed by atoms with E-state index in [1.807, 2.05) is 0 Å². The van der Waals surface area contributed by atoms with Gasteiger partial charge in [-0.3, -0.25) is 0 Å². The lowest BCUT2D eigenvalue weighted by Crippen LogP contribution is -2.28. The smallest absolute Gasteiger partial charge is 0.0714 e. The van der Waals surface area contributed by atoms with E-state index in [-0.39, 0.29) is 16.2 Å². The summed E-state index contributed by atoms with van der Waals surface area (Å²) in [6.45, 7) is 14.4. The fourth-order valence-corrected chi connectivity index (χ4v) is 11.8. The van der Waals surface area contributed by atoms with Crippen LogP contribution in [0.15, 0.2) is 188 Å². The van der Waals surface area contributed by atoms with Gasteiger partial charge >= 0.3 is 0 Å². The maximum Gasteiger partial charge on any atom is 0.0714 e. The van der Waals surface area contributed by atoms with Gasteiger partial charge in [-0.1, -0.05) is 193 Å². The van der Waals surface area contributed by atoms with Crippen molar-refractivity contribution in [2.75, 3.05) is 4.90 Å². The Kier molecular flexibility index (Phi) is 7.95. The molecule has 0 aliphatic heterocycles. The zero-order valence-electron chi connectivity index (χ0n) is 35.6. The molecule has 0 spiro atoms. The third-order valence-corrected chi connectivity index (χ3v) is 14.3. The van der Waals surface area contributed by atoms with Crippen molar-refractivity contribution in [3.8, 4) is 33.4 Å². The molecule has 292 valence electrons. The van der Waals surface area contributed by atoms with E-state index in [1.165, 1.54) is 77.9 Å². The predicted octanol–water partition coefficient (Wildman–Crippen LogP) is 15.5. The van der Waals surface area contributed by atoms with E-state index in [1.54, 1.807) is 0 Å². The Morgan fingerprint density at radius 1 is 0.333 bits per heavy atom. The summed E-state index contributed by atoms with van der Waals surface area (Å²) in [6, 6.07) is 71.1. The number of fused-ring (bicyclic) bond motifs is 7. The summed E-state index contributed by atoms with van der Waals surface area (Å²) in [5.41, 5.74) is 21.7. The molecule has 8 aromatic carbocycles. The van der Waals surface area contributed by atoms with Gasteiger partial charge in [0.15, 0.2) is 0 Å². The monoisotopic (exact) mass is 773 g/mol. The van der Waals surface area contributed by atoms with Crippen LogP contribution in [0.2, 0.25) is 0 Å². The summed E-state index contributed by atoms with van der Waals surface area (Å²) < 4.78 is 0. The van der Waals surface area contributed by atoms with Gasteiger partial charge in [0.2, 0.25) is 0 Å². The third kappa shape index (κ3) is 5.24. The third-order valence-electron chi connectivity index (χ3n) is 14.3. The Bertz CT molecular complexity index is 2940. The SMILES string of the molecule is CC1(C)CC(C)(C)c2cc(-c3cccc(N(c4ccc5c(c4)C(C)(C)c4ccccc4-5)c4ccc5c(c4)C(c4ccccc4)(c4ccccc4)c4ccccc4-5)c3)ccc21. The summed E-state index contributed by atoms with van der Waals surface area (Å²) in [5.74, 6) is 0. The first-order valence-corrected chi connectivity index (χ1v) is 21.6. The largest absolute Gasteiger partial charge is 0.310 e. The van der Waals surface area contributed by atoms with Crippen LogP contribution < -0.4 is 4.90 Å². The molecular formula is C59H51N. The zero-order chi connectivity index (χ0) is 41.0. The molecule has 0 heterocycles. The first-order chi connectivity index (χ1) is 29.0. The fraction of sp³-hybridized carbons (Fsp3) is 0.186. The second-order valence-electron chi connectivity index (χ2n) is 19.2. The number of rotatable bonds is 6. The van der Waals surface area contributed by atoms with E-state index < -0.39 is 5.41 Å². The van der Waals surface area contributed by atoms with Crippen molar-refractivity contribution in [1.82, 2.24) is 0 Å². The molecule has 0 aromatic heterocycles. The lowest BCUT2D eigenvalue weighted by molar-refractivity contribution is 0.403. The molecule has 8 aromatic rings. The molecule has 0 saturated carbocycles. The molecule has 0 fully saturated rings. The summed E-state index contributed by atoms with van der Waals surface area (Å²) in [7, 11) is 0. The van der Waals surface area contributed by atoms with Crippen LogP contribution in [0.3, 0.4) is 0 Å². The molecule has 0 N–H and O–H groups in total. The highest BCUT2D eigenvalue weighted by Crippen LogP contribution is 2.58. The van der Waals surface area contributed by atoms with Gasteiger partial charge in [0, 0.05) is 22.5 Å². The van der Waals surface area contributed by atoms with Crippen LogP contribution in [-0.4, -0.2) is 0 Å². The van der Waals surface area contributed by atoms with Crippen LogP contribution in [0, 0.1) is 0 Å². The quantitative estimate of drug-likeness (QED) is 0.163. The Labute approximate surface area is 356 Å². The molecule has 11 rings (SSSR count). The summed E-state index contributed by atoms with van der Waals surface area (Å²) >= 11 is 0. The average Bonchev–Trinajstić information content (AvgIpc) is 3.77. The molecule has 3 aliphatic carbocycles. The van der Waals surface area contributed by atoms with Crippen molar-refractivity contribution in [3.05, 3.63) is 233 Å². The van der Waals surface area contributed by atoms with Crippen LogP contribution >= 0.6 is 0 Å². The van der Waals surface area contributed by atoms with E-state index in [4.69, 9.17) is 0 Å². The number of hydrogen-bond donors (Lipinski definition) is 0. The van der Waals surface area contributed by atoms with Gasteiger partial charge in [0.1, 0.15) is 0 Å². The fourth-order valence-electron chi connectivity index (χ4n) is 11.8. The molecule has 0 saturated heterocycles. The van der Waals surface area contributed by atoms with E-state index >= 15 is 0 Å². The van der Waals surface area contributed by atoms with Gasteiger partial charge in [0.05, 0.1) is 5.41 Å². The molecule has 0 radical (unpaired) electrons. The van der Waals surface area contributed by atoms with E-state index in [0.717, 1.165) is 23.5 Å². The molecule has 1 heteroatoms. The van der Waals surface area contributed by atoms with Crippen LogP contribution in [0.25, 0.3) is 33.4 Å². The Balaban J connectivity index is 1.15. The van der Waals surface area contributed by atoms with Crippen LogP contribution in [-0.2, 0) is 21.7 Å². The Morgan fingerprint density at radius 2 is 0.833 bits per heavy atom. The van der Waals surface area contributed by atoms with Crippen molar-refractivity contribution in [3.63, 3.8) is 0 Å². The molecule has 1 nitrogen and oxygen atoms in total. The molecule has 0 bridgehead atoms. The number of hydrogen-bond acceptors (Lipinski definition) is 1. The molecule has 60 heavy (non-hydrogen) atoms. The second kappa shape index (κ2) is 13.0. The molecule has 3 aliphatic rings. The van der Waals surface area contributed by atoms with E-state index in [0.29, 0.717) is 0 Å². The summed E-state index contributed by atoms with van der Waals surface area (Å²) in [4.78, 5) is 2.51. The highest BCUT2D eigenvalue weighted by Gasteiger charge is 2.47. The predicted molar refractivity (Wildman–Crippen MR) is 252 cm³/mol. The minimum atomic E-state index is -0.495. The highest BCUT2D eigenvalue weighted by molar-refractivity contribution is 5.91. The number of benzene rings is 8. The standard InChI is InChI=1S/C59H51N/c1-56(2)38-57(3,4)55-35-40(28-33-52(55)56)39-18-17-23-43(34-39)60(44-29-31-48-46-24-13-15-26-50(46)58(5,6)53(48)36-44)45-30-32-49-47-25-14-16-27-51(47)59(54(49)37-45,41-19-9-7-10-20-41)42-21-11-8-12-22-42/h7-37H,38H2,1-6H3. The average molecular weight is 774 g/mol. The maximum atomic E-state index is 2.51. The lowest BCUT2D eigenvalue weighted by Gasteiger charge is -2.35. The van der Waals surface area contributed by atoms with Gasteiger partial charge in [-0.05, 0) is 132 Å². The van der Waals surface area contributed by atoms with Gasteiger partial charge in [0.25, 0.3) is 0 Å². The Hall–Kier alpha value is -6.44. The second-order valence-corrected chi connectivity index (χ2v) is 19.2. The van der Waals surface area contributed by atoms with Crippen molar-refractivity contribution < 1.29 is 0 Å². The minimum absolute atomic E-state index is 0.124. The number of anilines is 3. The van der Waals surface area contributed by atoms with Crippen LogP contribution in [0.5, 0.6) is 0 Å². The topological polar surface area (TPSA) is 3.24 Å². The summed E-state index contributed by atoms with van der Waals surface area (Å²) in [6.07, 6.45) is 1.15. The number of nitrogens with zero attached hydrogens (tertiary/aromatic N) is 1. The Morgan fingerprint density at radius 3 is 1.50 bits per heavy atom. The van der Waals surface area contributed by atoms with Crippen LogP contribution in [0.1, 0.15) is 92.5 Å². The van der Waals surface area contributed by atoms with Gasteiger partial charge in [-0.2, -0.15) is 0 Å². The normalized spacial score (nSPS) is 16.6.